The van der Waals surface area contributed by atoms with E-state index in [9.17, 15) is 0 Å². The van der Waals surface area contributed by atoms with Crippen LogP contribution >= 0.6 is 27.5 Å². The van der Waals surface area contributed by atoms with Gasteiger partial charge in [0.15, 0.2) is 5.15 Å². The largest absolute Gasteiger partial charge is 0.353 e. The molecule has 1 N–H and O–H groups in total. The number of aromatic nitrogens is 2. The van der Waals surface area contributed by atoms with Crippen LogP contribution in [0.1, 0.15) is 0 Å². The first-order chi connectivity index (χ1) is 6.77. The zero-order valence-electron chi connectivity index (χ0n) is 7.50. The average Bonchev–Trinajstić information content (AvgIpc) is 2.23. The summed E-state index contributed by atoms with van der Waals surface area (Å²) in [6.07, 6.45) is 1.74. The third-order valence-electron chi connectivity index (χ3n) is 2.12. The molecular weight excluding hydrogens is 267 g/mol. The Kier molecular flexibility index (Phi) is 3.20. The number of rotatable bonds is 1. The minimum Gasteiger partial charge on any atom is -0.353 e. The fourth-order valence-electron chi connectivity index (χ4n) is 1.39. The van der Waals surface area contributed by atoms with E-state index in [2.05, 4.69) is 36.1 Å². The molecule has 0 aliphatic carbocycles. The molecular formula is C8H10BrClN4. The highest BCUT2D eigenvalue weighted by atomic mass is 79.9. The number of piperazine rings is 1. The minimum atomic E-state index is 0.418. The Morgan fingerprint density at radius 1 is 1.43 bits per heavy atom. The molecule has 0 amide bonds. The van der Waals surface area contributed by atoms with E-state index in [4.69, 9.17) is 11.6 Å². The van der Waals surface area contributed by atoms with Crippen molar-refractivity contribution in [2.45, 2.75) is 0 Å². The Hall–Kier alpha value is -0.390. The summed E-state index contributed by atoms with van der Waals surface area (Å²) in [7, 11) is 0. The average molecular weight is 278 g/mol. The molecule has 1 saturated heterocycles. The fourth-order valence-corrected chi connectivity index (χ4v) is 1.72. The second kappa shape index (κ2) is 4.42. The molecule has 0 spiro atoms. The van der Waals surface area contributed by atoms with E-state index in [1.807, 2.05) is 0 Å². The van der Waals surface area contributed by atoms with E-state index in [0.29, 0.717) is 9.76 Å². The van der Waals surface area contributed by atoms with Crippen LogP contribution in [0.15, 0.2) is 10.8 Å². The van der Waals surface area contributed by atoms with Crippen molar-refractivity contribution in [1.29, 1.82) is 0 Å². The molecule has 1 aliphatic rings. The molecule has 6 heteroatoms. The maximum absolute atomic E-state index is 5.87. The zero-order chi connectivity index (χ0) is 9.97. The van der Waals surface area contributed by atoms with Gasteiger partial charge in [0, 0.05) is 26.2 Å². The predicted octanol–water partition coefficient (Wildman–Crippen LogP) is 1.30. The molecule has 1 aromatic rings. The lowest BCUT2D eigenvalue weighted by Gasteiger charge is -2.28. The van der Waals surface area contributed by atoms with Crippen LogP contribution in [0.2, 0.25) is 5.15 Å². The van der Waals surface area contributed by atoms with Gasteiger partial charge in [0.1, 0.15) is 10.4 Å². The van der Waals surface area contributed by atoms with Crippen molar-refractivity contribution >= 4 is 33.3 Å². The van der Waals surface area contributed by atoms with Gasteiger partial charge in [-0.05, 0) is 15.9 Å². The van der Waals surface area contributed by atoms with E-state index in [0.717, 1.165) is 32.0 Å². The summed E-state index contributed by atoms with van der Waals surface area (Å²) in [6, 6.07) is 0. The summed E-state index contributed by atoms with van der Waals surface area (Å²) in [5.41, 5.74) is 0. The molecule has 1 aliphatic heterocycles. The maximum Gasteiger partial charge on any atom is 0.164 e. The van der Waals surface area contributed by atoms with Gasteiger partial charge in [0.05, 0.1) is 6.20 Å². The smallest absolute Gasteiger partial charge is 0.164 e. The first-order valence-corrected chi connectivity index (χ1v) is 5.58. The van der Waals surface area contributed by atoms with Crippen molar-refractivity contribution in [3.63, 3.8) is 0 Å². The summed E-state index contributed by atoms with van der Waals surface area (Å²) >= 11 is 9.09. The highest BCUT2D eigenvalue weighted by Gasteiger charge is 2.13. The zero-order valence-corrected chi connectivity index (χ0v) is 9.85. The molecule has 2 rings (SSSR count). The lowest BCUT2D eigenvalue weighted by molar-refractivity contribution is 0.584. The topological polar surface area (TPSA) is 41.1 Å². The third-order valence-corrected chi connectivity index (χ3v) is 3.19. The van der Waals surface area contributed by atoms with Gasteiger partial charge in [-0.15, -0.1) is 0 Å². The standard InChI is InChI=1S/C8H10BrClN4/c9-7-8(10)13-6(5-12-7)14-3-1-11-2-4-14/h5,11H,1-4H2. The van der Waals surface area contributed by atoms with Crippen molar-refractivity contribution in [2.24, 2.45) is 0 Å². The summed E-state index contributed by atoms with van der Waals surface area (Å²) in [4.78, 5) is 10.5. The van der Waals surface area contributed by atoms with Crippen molar-refractivity contribution in [3.05, 3.63) is 16.0 Å². The van der Waals surface area contributed by atoms with E-state index in [-0.39, 0.29) is 0 Å². The highest BCUT2D eigenvalue weighted by Crippen LogP contribution is 2.20. The molecule has 2 heterocycles. The predicted molar refractivity (Wildman–Crippen MR) is 59.8 cm³/mol. The SMILES string of the molecule is Clc1nc(N2CCNCC2)cnc1Br. The van der Waals surface area contributed by atoms with Gasteiger partial charge in [0.2, 0.25) is 0 Å². The summed E-state index contributed by atoms with van der Waals surface area (Å²) < 4.78 is 0.595. The van der Waals surface area contributed by atoms with Gasteiger partial charge >= 0.3 is 0 Å². The Bertz CT molecular complexity index is 327. The summed E-state index contributed by atoms with van der Waals surface area (Å²) in [5, 5.41) is 3.70. The van der Waals surface area contributed by atoms with E-state index in [1.54, 1.807) is 6.20 Å². The first-order valence-electron chi connectivity index (χ1n) is 4.41. The van der Waals surface area contributed by atoms with E-state index in [1.165, 1.54) is 0 Å². The number of hydrogen-bond donors (Lipinski definition) is 1. The van der Waals surface area contributed by atoms with Gasteiger partial charge in [-0.2, -0.15) is 0 Å². The third kappa shape index (κ3) is 2.16. The molecule has 0 atom stereocenters. The van der Waals surface area contributed by atoms with Gasteiger partial charge in [-0.1, -0.05) is 11.6 Å². The lowest BCUT2D eigenvalue weighted by atomic mass is 10.4. The number of halogens is 2. The second-order valence-electron chi connectivity index (χ2n) is 3.05. The Labute approximate surface area is 95.8 Å². The van der Waals surface area contributed by atoms with Crippen LogP contribution in [0, 0.1) is 0 Å². The van der Waals surface area contributed by atoms with Crippen LogP contribution in [0.4, 0.5) is 5.82 Å². The minimum absolute atomic E-state index is 0.418. The number of hydrogen-bond acceptors (Lipinski definition) is 4. The van der Waals surface area contributed by atoms with Gasteiger partial charge in [0.25, 0.3) is 0 Å². The van der Waals surface area contributed by atoms with Crippen molar-refractivity contribution in [2.75, 3.05) is 31.1 Å². The van der Waals surface area contributed by atoms with Crippen LogP contribution in [0.5, 0.6) is 0 Å². The van der Waals surface area contributed by atoms with Gasteiger partial charge in [-0.25, -0.2) is 9.97 Å². The summed E-state index contributed by atoms with van der Waals surface area (Å²) in [5.74, 6) is 0.847. The van der Waals surface area contributed by atoms with E-state index < -0.39 is 0 Å². The van der Waals surface area contributed by atoms with E-state index >= 15 is 0 Å². The van der Waals surface area contributed by atoms with Crippen molar-refractivity contribution < 1.29 is 0 Å². The van der Waals surface area contributed by atoms with Crippen LogP contribution in [0.3, 0.4) is 0 Å². The molecule has 0 unspecified atom stereocenters. The van der Waals surface area contributed by atoms with Crippen molar-refractivity contribution in [3.8, 4) is 0 Å². The second-order valence-corrected chi connectivity index (χ2v) is 4.16. The lowest BCUT2D eigenvalue weighted by Crippen LogP contribution is -2.43. The maximum atomic E-state index is 5.87. The molecule has 1 fully saturated rings. The quantitative estimate of drug-likeness (QED) is 0.840. The molecule has 1 aromatic heterocycles. The highest BCUT2D eigenvalue weighted by molar-refractivity contribution is 9.10. The van der Waals surface area contributed by atoms with Crippen LogP contribution in [-0.2, 0) is 0 Å². The van der Waals surface area contributed by atoms with Gasteiger partial charge in [-0.3, -0.25) is 0 Å². The molecule has 14 heavy (non-hydrogen) atoms. The summed E-state index contributed by atoms with van der Waals surface area (Å²) in [6.45, 7) is 3.87. The van der Waals surface area contributed by atoms with Crippen LogP contribution < -0.4 is 10.2 Å². The fraction of sp³-hybridized carbons (Fsp3) is 0.500. The first kappa shape index (κ1) is 10.1. The Balaban J connectivity index is 2.18. The van der Waals surface area contributed by atoms with Crippen molar-refractivity contribution in [1.82, 2.24) is 15.3 Å². The van der Waals surface area contributed by atoms with Gasteiger partial charge < -0.3 is 10.2 Å². The van der Waals surface area contributed by atoms with Crippen LogP contribution in [0.25, 0.3) is 0 Å². The molecule has 0 radical (unpaired) electrons. The molecule has 0 saturated carbocycles. The Morgan fingerprint density at radius 3 is 2.79 bits per heavy atom. The monoisotopic (exact) mass is 276 g/mol. The molecule has 0 aromatic carbocycles. The normalized spacial score (nSPS) is 17.1. The number of anilines is 1. The Morgan fingerprint density at radius 2 is 2.14 bits per heavy atom. The number of nitrogens with zero attached hydrogens (tertiary/aromatic N) is 3. The molecule has 76 valence electrons. The van der Waals surface area contributed by atoms with Crippen LogP contribution in [-0.4, -0.2) is 36.1 Å². The number of nitrogens with one attached hydrogen (secondary N) is 1. The molecule has 0 bridgehead atoms. The molecule has 4 nitrogen and oxygen atoms in total.